The van der Waals surface area contributed by atoms with Gasteiger partial charge in [-0.1, -0.05) is 54.1 Å². The second-order valence-corrected chi connectivity index (χ2v) is 6.73. The van der Waals surface area contributed by atoms with Crippen molar-refractivity contribution in [2.45, 2.75) is 19.9 Å². The van der Waals surface area contributed by atoms with Crippen molar-refractivity contribution in [3.63, 3.8) is 0 Å². The van der Waals surface area contributed by atoms with Gasteiger partial charge in [-0.15, -0.1) is 0 Å². The Bertz CT molecular complexity index is 1020. The first-order valence-corrected chi connectivity index (χ1v) is 9.40. The molecule has 0 bridgehead atoms. The summed E-state index contributed by atoms with van der Waals surface area (Å²) in [5.74, 6) is -0.471. The number of ether oxygens (including phenoxy) is 1. The summed E-state index contributed by atoms with van der Waals surface area (Å²) in [4.78, 5) is 23.3. The smallest absolute Gasteiger partial charge is 0.341 e. The zero-order valence-electron chi connectivity index (χ0n) is 16.2. The summed E-state index contributed by atoms with van der Waals surface area (Å²) in [5.41, 5.74) is 3.41. The quantitative estimate of drug-likeness (QED) is 0.543. The Morgan fingerprint density at radius 3 is 2.62 bits per heavy atom. The Hall–Kier alpha value is -3.60. The molecule has 29 heavy (non-hydrogen) atoms. The van der Waals surface area contributed by atoms with E-state index in [-0.39, 0.29) is 12.4 Å². The van der Waals surface area contributed by atoms with Crippen LogP contribution >= 0.6 is 0 Å². The van der Waals surface area contributed by atoms with Crippen LogP contribution in [0.15, 0.2) is 72.9 Å². The van der Waals surface area contributed by atoms with Gasteiger partial charge in [0, 0.05) is 18.3 Å². The molecule has 0 saturated carbocycles. The molecule has 0 aliphatic carbocycles. The van der Waals surface area contributed by atoms with Crippen molar-refractivity contribution in [3.05, 3.63) is 95.3 Å². The molecule has 2 aromatic carbocycles. The fourth-order valence-corrected chi connectivity index (χ4v) is 2.95. The number of carbonyl (C=O) groups is 2. The maximum absolute atomic E-state index is 12.7. The predicted molar refractivity (Wildman–Crippen MR) is 112 cm³/mol. The second-order valence-electron chi connectivity index (χ2n) is 6.73. The van der Waals surface area contributed by atoms with Gasteiger partial charge >= 0.3 is 5.97 Å². The molecule has 3 aromatic rings. The number of carbonyl (C=O) groups excluding carboxylic acids is 1. The summed E-state index contributed by atoms with van der Waals surface area (Å²) >= 11 is 0. The second kappa shape index (κ2) is 9.55. The van der Waals surface area contributed by atoms with Gasteiger partial charge in [0.25, 0.3) is 0 Å². The number of aryl methyl sites for hydroxylation is 2. The number of aromatic nitrogens is 1. The standard InChI is InChI=1S/C24H23NO4/c1-18-10-12-20(13-11-18)24(28)22-9-5-15-25(22)14-3-2-6-19-7-4-8-21(16-19)29-17-23(26)27/h2,4-13,15-16H,3,14,17H2,1H3,(H,26,27)/b6-2+. The van der Waals surface area contributed by atoms with Crippen LogP contribution in [0.5, 0.6) is 5.75 Å². The molecule has 0 amide bonds. The van der Waals surface area contributed by atoms with Gasteiger partial charge in [-0.2, -0.15) is 0 Å². The largest absolute Gasteiger partial charge is 0.482 e. The Balaban J connectivity index is 1.60. The summed E-state index contributed by atoms with van der Waals surface area (Å²) in [6, 6.07) is 18.6. The van der Waals surface area contributed by atoms with E-state index in [0.717, 1.165) is 17.5 Å². The number of aliphatic carboxylic acids is 1. The summed E-state index contributed by atoms with van der Waals surface area (Å²) in [6.45, 7) is 2.32. The van der Waals surface area contributed by atoms with E-state index in [0.29, 0.717) is 23.6 Å². The highest BCUT2D eigenvalue weighted by Crippen LogP contribution is 2.16. The number of hydrogen-bond acceptors (Lipinski definition) is 3. The fraction of sp³-hybridized carbons (Fsp3) is 0.167. The molecule has 1 N–H and O–H groups in total. The number of carboxylic acid groups (broad SMARTS) is 1. The van der Waals surface area contributed by atoms with Crippen molar-refractivity contribution >= 4 is 17.8 Å². The van der Waals surface area contributed by atoms with Gasteiger partial charge in [-0.05, 0) is 43.2 Å². The first-order valence-electron chi connectivity index (χ1n) is 9.40. The van der Waals surface area contributed by atoms with E-state index < -0.39 is 5.97 Å². The first kappa shape index (κ1) is 20.1. The van der Waals surface area contributed by atoms with Gasteiger partial charge in [0.2, 0.25) is 5.78 Å². The molecule has 3 rings (SSSR count). The summed E-state index contributed by atoms with van der Waals surface area (Å²) in [6.07, 6.45) is 6.65. The molecular formula is C24H23NO4. The van der Waals surface area contributed by atoms with Gasteiger partial charge in [0.05, 0.1) is 5.69 Å². The lowest BCUT2D eigenvalue weighted by atomic mass is 10.1. The third-order valence-electron chi connectivity index (χ3n) is 4.44. The molecule has 1 aromatic heterocycles. The zero-order valence-corrected chi connectivity index (χ0v) is 16.2. The summed E-state index contributed by atoms with van der Waals surface area (Å²) < 4.78 is 7.15. The van der Waals surface area contributed by atoms with Gasteiger partial charge in [-0.25, -0.2) is 4.79 Å². The van der Waals surface area contributed by atoms with Crippen LogP contribution in [0.4, 0.5) is 0 Å². The van der Waals surface area contributed by atoms with E-state index in [1.54, 1.807) is 12.1 Å². The van der Waals surface area contributed by atoms with Crippen molar-refractivity contribution in [2.75, 3.05) is 6.61 Å². The van der Waals surface area contributed by atoms with E-state index in [1.165, 1.54) is 0 Å². The maximum atomic E-state index is 12.7. The van der Waals surface area contributed by atoms with Crippen LogP contribution in [0.1, 0.15) is 33.6 Å². The van der Waals surface area contributed by atoms with Gasteiger partial charge in [-0.3, -0.25) is 4.79 Å². The number of rotatable bonds is 9. The molecule has 0 saturated heterocycles. The minimum Gasteiger partial charge on any atom is -0.482 e. The van der Waals surface area contributed by atoms with Crippen LogP contribution in [-0.2, 0) is 11.3 Å². The monoisotopic (exact) mass is 389 g/mol. The molecule has 0 spiro atoms. The molecule has 5 nitrogen and oxygen atoms in total. The topological polar surface area (TPSA) is 68.5 Å². The molecule has 5 heteroatoms. The number of ketones is 1. The highest BCUT2D eigenvalue weighted by Gasteiger charge is 2.12. The minimum absolute atomic E-state index is 0.0160. The SMILES string of the molecule is Cc1ccc(C(=O)c2cccn2CC/C=C/c2cccc(OCC(=O)O)c2)cc1. The zero-order chi connectivity index (χ0) is 20.6. The molecule has 148 valence electrons. The van der Waals surface area contributed by atoms with Crippen molar-refractivity contribution < 1.29 is 19.4 Å². The van der Waals surface area contributed by atoms with Crippen LogP contribution in [0, 0.1) is 6.92 Å². The summed E-state index contributed by atoms with van der Waals surface area (Å²) in [5, 5.41) is 8.69. The molecule has 0 fully saturated rings. The third-order valence-corrected chi connectivity index (χ3v) is 4.44. The highest BCUT2D eigenvalue weighted by molar-refractivity contribution is 6.08. The number of carboxylic acids is 1. The van der Waals surface area contributed by atoms with E-state index in [4.69, 9.17) is 9.84 Å². The number of hydrogen-bond donors (Lipinski definition) is 1. The first-order chi connectivity index (χ1) is 14.0. The Labute approximate surface area is 169 Å². The highest BCUT2D eigenvalue weighted by atomic mass is 16.5. The average Bonchev–Trinajstić information content (AvgIpc) is 3.18. The van der Waals surface area contributed by atoms with Crippen LogP contribution in [0.2, 0.25) is 0 Å². The molecular weight excluding hydrogens is 366 g/mol. The number of nitrogens with zero attached hydrogens (tertiary/aromatic N) is 1. The predicted octanol–water partition coefficient (Wildman–Crippen LogP) is 4.59. The van der Waals surface area contributed by atoms with Crippen molar-refractivity contribution in [2.24, 2.45) is 0 Å². The molecule has 1 heterocycles. The van der Waals surface area contributed by atoms with Gasteiger partial charge in [0.15, 0.2) is 6.61 Å². The molecule has 0 aliphatic heterocycles. The van der Waals surface area contributed by atoms with Crippen molar-refractivity contribution in [1.82, 2.24) is 4.57 Å². The van der Waals surface area contributed by atoms with Crippen LogP contribution in [-0.4, -0.2) is 28.0 Å². The molecule has 0 unspecified atom stereocenters. The van der Waals surface area contributed by atoms with E-state index >= 15 is 0 Å². The van der Waals surface area contributed by atoms with Crippen LogP contribution in [0.25, 0.3) is 6.08 Å². The average molecular weight is 389 g/mol. The fourth-order valence-electron chi connectivity index (χ4n) is 2.95. The molecule has 0 atom stereocenters. The Morgan fingerprint density at radius 1 is 1.07 bits per heavy atom. The molecule has 0 radical (unpaired) electrons. The lowest BCUT2D eigenvalue weighted by molar-refractivity contribution is -0.139. The van der Waals surface area contributed by atoms with Gasteiger partial charge < -0.3 is 14.4 Å². The van der Waals surface area contributed by atoms with Crippen molar-refractivity contribution in [3.8, 4) is 5.75 Å². The molecule has 0 aliphatic rings. The van der Waals surface area contributed by atoms with E-state index in [1.807, 2.05) is 78.4 Å². The number of benzene rings is 2. The lowest BCUT2D eigenvalue weighted by Crippen LogP contribution is -2.09. The maximum Gasteiger partial charge on any atom is 0.341 e. The lowest BCUT2D eigenvalue weighted by Gasteiger charge is -2.07. The van der Waals surface area contributed by atoms with Crippen LogP contribution < -0.4 is 4.74 Å². The normalized spacial score (nSPS) is 10.9. The van der Waals surface area contributed by atoms with E-state index in [2.05, 4.69) is 0 Å². The Kier molecular flexibility index (Phi) is 6.63. The van der Waals surface area contributed by atoms with Crippen LogP contribution in [0.3, 0.4) is 0 Å². The Morgan fingerprint density at radius 2 is 1.86 bits per heavy atom. The number of allylic oxidation sites excluding steroid dienone is 1. The third kappa shape index (κ3) is 5.69. The minimum atomic E-state index is -1.01. The van der Waals surface area contributed by atoms with Gasteiger partial charge in [0.1, 0.15) is 5.75 Å². The summed E-state index contributed by atoms with van der Waals surface area (Å²) in [7, 11) is 0. The van der Waals surface area contributed by atoms with Crippen molar-refractivity contribution in [1.29, 1.82) is 0 Å². The van der Waals surface area contributed by atoms with E-state index in [9.17, 15) is 9.59 Å².